The molecule has 0 unspecified atom stereocenters. The molecule has 0 saturated carbocycles. The van der Waals surface area contributed by atoms with Crippen LogP contribution in [0.3, 0.4) is 0 Å². The lowest BCUT2D eigenvalue weighted by Crippen LogP contribution is -2.42. The predicted molar refractivity (Wildman–Crippen MR) is 140 cm³/mol. The van der Waals surface area contributed by atoms with Gasteiger partial charge in [-0.15, -0.1) is 0 Å². The second-order valence-corrected chi connectivity index (χ2v) is 11.1. The Bertz CT molecular complexity index is 1380. The van der Waals surface area contributed by atoms with E-state index in [0.29, 0.717) is 29.2 Å². The van der Waals surface area contributed by atoms with Crippen molar-refractivity contribution in [1.29, 1.82) is 0 Å². The van der Waals surface area contributed by atoms with Gasteiger partial charge in [-0.3, -0.25) is 14.3 Å². The minimum atomic E-state index is -3.62. The van der Waals surface area contributed by atoms with Crippen LogP contribution in [0.25, 0.3) is 11.1 Å². The maximum absolute atomic E-state index is 14.9. The summed E-state index contributed by atoms with van der Waals surface area (Å²) < 4.78 is 40.1. The number of benzene rings is 3. The van der Waals surface area contributed by atoms with Gasteiger partial charge >= 0.3 is 0 Å². The molecular formula is C27H26ClFN2O4S. The van der Waals surface area contributed by atoms with E-state index in [-0.39, 0.29) is 41.7 Å². The number of nitrogens with zero attached hydrogens (tertiary/aromatic N) is 1. The molecule has 0 bridgehead atoms. The number of ketones is 1. The molecule has 4 rings (SSSR count). The number of rotatable bonds is 8. The number of hydrogen-bond acceptors (Lipinski definition) is 4. The molecule has 1 fully saturated rings. The molecule has 9 heteroatoms. The number of carbonyl (C=O) groups is 2. The van der Waals surface area contributed by atoms with E-state index in [0.717, 1.165) is 18.2 Å². The monoisotopic (exact) mass is 528 g/mol. The molecule has 1 aliphatic heterocycles. The van der Waals surface area contributed by atoms with E-state index in [1.165, 1.54) is 6.07 Å². The topological polar surface area (TPSA) is 83.6 Å². The zero-order chi connectivity index (χ0) is 25.9. The minimum absolute atomic E-state index is 0.00549. The third-order valence-corrected chi connectivity index (χ3v) is 6.96. The lowest BCUT2D eigenvalue weighted by atomic mass is 9.90. The van der Waals surface area contributed by atoms with Crippen LogP contribution in [-0.4, -0.2) is 32.9 Å². The van der Waals surface area contributed by atoms with Crippen LogP contribution in [0, 0.1) is 11.7 Å². The summed E-state index contributed by atoms with van der Waals surface area (Å²) in [5.74, 6) is -1.15. The van der Waals surface area contributed by atoms with Gasteiger partial charge in [0.25, 0.3) is 0 Å². The quantitative estimate of drug-likeness (QED) is 0.420. The molecule has 1 amide bonds. The summed E-state index contributed by atoms with van der Waals surface area (Å²) in [6.07, 6.45) is 2.84. The fourth-order valence-electron chi connectivity index (χ4n) is 4.43. The first-order chi connectivity index (χ1) is 17.1. The molecule has 1 N–H and O–H groups in total. The average molecular weight is 529 g/mol. The number of nitrogens with one attached hydrogen (secondary N) is 1. The Balaban J connectivity index is 1.46. The number of halogens is 2. The van der Waals surface area contributed by atoms with Gasteiger partial charge in [-0.1, -0.05) is 48.0 Å². The van der Waals surface area contributed by atoms with Crippen LogP contribution in [-0.2, 0) is 26.0 Å². The maximum atomic E-state index is 14.9. The number of piperidine rings is 1. The van der Waals surface area contributed by atoms with Crippen molar-refractivity contribution < 1.29 is 22.4 Å². The van der Waals surface area contributed by atoms with Gasteiger partial charge in [0.2, 0.25) is 15.9 Å². The lowest BCUT2D eigenvalue weighted by Gasteiger charge is -2.32. The molecule has 36 heavy (non-hydrogen) atoms. The molecule has 0 aliphatic carbocycles. The molecule has 1 saturated heterocycles. The van der Waals surface area contributed by atoms with Gasteiger partial charge < -0.3 is 4.90 Å². The van der Waals surface area contributed by atoms with E-state index in [2.05, 4.69) is 4.72 Å². The molecule has 3 aromatic rings. The van der Waals surface area contributed by atoms with Crippen LogP contribution in [0.15, 0.2) is 66.7 Å². The molecule has 3 aromatic carbocycles. The highest BCUT2D eigenvalue weighted by atomic mass is 35.5. The number of amides is 1. The Labute approximate surface area is 215 Å². The molecule has 1 heterocycles. The molecule has 188 valence electrons. The van der Waals surface area contributed by atoms with E-state index >= 15 is 0 Å². The van der Waals surface area contributed by atoms with Gasteiger partial charge in [0.15, 0.2) is 5.82 Å². The third-order valence-electron chi connectivity index (χ3n) is 6.12. The number of carbonyl (C=O) groups excluding carboxylic acids is 2. The van der Waals surface area contributed by atoms with Crippen molar-refractivity contribution in [3.05, 3.63) is 83.1 Å². The first kappa shape index (κ1) is 25.9. The van der Waals surface area contributed by atoms with Crippen LogP contribution in [0.5, 0.6) is 0 Å². The normalized spacial score (nSPS) is 16.1. The molecule has 1 atom stereocenters. The number of sulfonamides is 1. The first-order valence-corrected chi connectivity index (χ1v) is 13.8. The average Bonchev–Trinajstić information content (AvgIpc) is 2.83. The molecule has 0 aromatic heterocycles. The van der Waals surface area contributed by atoms with Crippen molar-refractivity contribution in [1.82, 2.24) is 0 Å². The predicted octanol–water partition coefficient (Wildman–Crippen LogP) is 5.46. The second kappa shape index (κ2) is 10.8. The summed E-state index contributed by atoms with van der Waals surface area (Å²) in [5, 5.41) is 0.608. The smallest absolute Gasteiger partial charge is 0.230 e. The zero-order valence-electron chi connectivity index (χ0n) is 19.7. The van der Waals surface area contributed by atoms with E-state index < -0.39 is 15.8 Å². The highest BCUT2D eigenvalue weighted by Crippen LogP contribution is 2.32. The molecule has 0 spiro atoms. The summed E-state index contributed by atoms with van der Waals surface area (Å²) in [6, 6.07) is 18.5. The van der Waals surface area contributed by atoms with Gasteiger partial charge in [-0.2, -0.15) is 0 Å². The number of Topliss-reactive ketones (excluding diaryl/α,β-unsaturated/α-hetero) is 1. The fourth-order valence-corrected chi connectivity index (χ4v) is 5.11. The van der Waals surface area contributed by atoms with Gasteiger partial charge in [-0.25, -0.2) is 12.8 Å². The molecule has 1 aliphatic rings. The summed E-state index contributed by atoms with van der Waals surface area (Å²) in [6.45, 7) is 0.544. The molecule has 0 radical (unpaired) electrons. The van der Waals surface area contributed by atoms with Crippen molar-refractivity contribution >= 4 is 44.7 Å². The highest BCUT2D eigenvalue weighted by molar-refractivity contribution is 7.92. The van der Waals surface area contributed by atoms with Gasteiger partial charge in [0, 0.05) is 41.6 Å². The van der Waals surface area contributed by atoms with E-state index in [1.54, 1.807) is 53.4 Å². The van der Waals surface area contributed by atoms with Gasteiger partial charge in [0.1, 0.15) is 5.78 Å². The zero-order valence-corrected chi connectivity index (χ0v) is 21.3. The summed E-state index contributed by atoms with van der Waals surface area (Å²) in [4.78, 5) is 27.5. The van der Waals surface area contributed by atoms with Crippen LogP contribution < -0.4 is 9.62 Å². The number of anilines is 2. The van der Waals surface area contributed by atoms with Crippen molar-refractivity contribution in [2.24, 2.45) is 5.92 Å². The van der Waals surface area contributed by atoms with Crippen molar-refractivity contribution in [2.45, 2.75) is 25.7 Å². The van der Waals surface area contributed by atoms with E-state index in [1.807, 2.05) is 12.1 Å². The van der Waals surface area contributed by atoms with Crippen LogP contribution in [0.1, 0.15) is 24.8 Å². The highest BCUT2D eigenvalue weighted by Gasteiger charge is 2.31. The standard InChI is InChI=1S/C27H26ClFN2O4S/c1-36(34,35)30-25-6-2-5-24(26(25)29)19-9-13-22(14-10-19)31-15-3-4-20(27(31)33)17-23(32)16-18-7-11-21(28)12-8-18/h2,5-14,20,30H,3-4,15-17H2,1H3/t20-/m0/s1. The summed E-state index contributed by atoms with van der Waals surface area (Å²) in [7, 11) is -3.62. The minimum Gasteiger partial charge on any atom is -0.312 e. The Morgan fingerprint density at radius 1 is 1.08 bits per heavy atom. The Morgan fingerprint density at radius 3 is 2.44 bits per heavy atom. The van der Waals surface area contributed by atoms with E-state index in [4.69, 9.17) is 11.6 Å². The van der Waals surface area contributed by atoms with Crippen molar-refractivity contribution in [3.8, 4) is 11.1 Å². The van der Waals surface area contributed by atoms with Gasteiger partial charge in [0.05, 0.1) is 11.9 Å². The van der Waals surface area contributed by atoms with Crippen LogP contribution in [0.2, 0.25) is 5.02 Å². The Kier molecular flexibility index (Phi) is 7.76. The summed E-state index contributed by atoms with van der Waals surface area (Å²) in [5.41, 5.74) is 2.20. The molecular weight excluding hydrogens is 503 g/mol. The Hall–Kier alpha value is -3.23. The number of hydrogen-bond donors (Lipinski definition) is 1. The third kappa shape index (κ3) is 6.30. The summed E-state index contributed by atoms with van der Waals surface area (Å²) >= 11 is 5.90. The van der Waals surface area contributed by atoms with Crippen LogP contribution in [0.4, 0.5) is 15.8 Å². The largest absolute Gasteiger partial charge is 0.312 e. The fraction of sp³-hybridized carbons (Fsp3) is 0.259. The SMILES string of the molecule is CS(=O)(=O)Nc1cccc(-c2ccc(N3CCC[C@@H](CC(=O)Cc4ccc(Cl)cc4)C3=O)cc2)c1F. The maximum Gasteiger partial charge on any atom is 0.230 e. The first-order valence-electron chi connectivity index (χ1n) is 11.5. The van der Waals surface area contributed by atoms with Gasteiger partial charge in [-0.05, 0) is 54.3 Å². The second-order valence-electron chi connectivity index (χ2n) is 8.96. The van der Waals surface area contributed by atoms with Crippen LogP contribution >= 0.6 is 11.6 Å². The van der Waals surface area contributed by atoms with Crippen molar-refractivity contribution in [2.75, 3.05) is 22.4 Å². The lowest BCUT2D eigenvalue weighted by molar-refractivity contribution is -0.128. The van der Waals surface area contributed by atoms with E-state index in [9.17, 15) is 22.4 Å². The van der Waals surface area contributed by atoms with Crippen molar-refractivity contribution in [3.63, 3.8) is 0 Å². The molecule has 6 nitrogen and oxygen atoms in total. The Morgan fingerprint density at radius 2 is 1.78 bits per heavy atom.